The number of thiophene rings is 1. The third-order valence-electron chi connectivity index (χ3n) is 3.91. The topological polar surface area (TPSA) is 0 Å². The number of rotatable bonds is 1. The predicted molar refractivity (Wildman–Crippen MR) is 73.6 cm³/mol. The van der Waals surface area contributed by atoms with E-state index in [4.69, 9.17) is 0 Å². The molecule has 110 valence electrons. The third-order valence-corrected chi connectivity index (χ3v) is 6.11. The highest BCUT2D eigenvalue weighted by atomic mass is 32.2. The van der Waals surface area contributed by atoms with E-state index in [1.807, 2.05) is 12.1 Å². The summed E-state index contributed by atoms with van der Waals surface area (Å²) in [6, 6.07) is 8.77. The van der Waals surface area contributed by atoms with Crippen LogP contribution in [0.3, 0.4) is 0 Å². The molecule has 0 spiro atoms. The number of hydrogen-bond acceptors (Lipinski definition) is 0. The zero-order chi connectivity index (χ0) is 13.5. The number of fused-ring (bicyclic) bond motifs is 1. The Labute approximate surface area is 117 Å². The molecule has 1 aromatic heterocycles. The molecule has 1 unspecified atom stereocenters. The minimum atomic E-state index is -4.14. The van der Waals surface area contributed by atoms with Crippen molar-refractivity contribution in [1.82, 2.24) is 0 Å². The molecule has 20 heavy (non-hydrogen) atoms. The van der Waals surface area contributed by atoms with E-state index in [2.05, 4.69) is 0 Å². The summed E-state index contributed by atoms with van der Waals surface area (Å²) in [5, 5.41) is 0.767. The van der Waals surface area contributed by atoms with Crippen LogP contribution in [-0.2, 0) is 5.51 Å². The van der Waals surface area contributed by atoms with Crippen LogP contribution in [0.1, 0.15) is 42.9 Å². The second-order valence-corrected chi connectivity index (χ2v) is 7.16. The molecule has 0 saturated heterocycles. The Kier molecular flexibility index (Phi) is 4.37. The molecule has 1 fully saturated rings. The first-order valence-corrected chi connectivity index (χ1v) is 7.91. The molecule has 3 rings (SSSR count). The van der Waals surface area contributed by atoms with Gasteiger partial charge in [0.1, 0.15) is 0 Å². The van der Waals surface area contributed by atoms with Gasteiger partial charge in [0.25, 0.3) is 0 Å². The lowest BCUT2D eigenvalue weighted by Crippen LogP contribution is -3.00. The highest BCUT2D eigenvalue weighted by Crippen LogP contribution is 2.54. The molecule has 0 nitrogen and oxygen atoms in total. The molecule has 0 amide bonds. The summed E-state index contributed by atoms with van der Waals surface area (Å²) < 4.78 is 40.7. The van der Waals surface area contributed by atoms with Crippen molar-refractivity contribution in [2.45, 2.75) is 43.5 Å². The molecule has 1 saturated carbocycles. The lowest BCUT2D eigenvalue weighted by atomic mass is 9.88. The average molecular weight is 304 g/mol. The fraction of sp³-hybridized carbons (Fsp3) is 0.467. The fourth-order valence-corrected chi connectivity index (χ4v) is 5.22. The molecule has 0 aliphatic heterocycles. The molecular formula is C15H16F4S. The van der Waals surface area contributed by atoms with Crippen molar-refractivity contribution < 1.29 is 17.9 Å². The second-order valence-electron chi connectivity index (χ2n) is 5.17. The van der Waals surface area contributed by atoms with Crippen molar-refractivity contribution in [3.8, 4) is 0 Å². The lowest BCUT2D eigenvalue weighted by molar-refractivity contribution is -0.0868. The monoisotopic (exact) mass is 304 g/mol. The van der Waals surface area contributed by atoms with E-state index in [0.717, 1.165) is 37.5 Å². The van der Waals surface area contributed by atoms with Crippen molar-refractivity contribution >= 4 is 20.6 Å². The quantitative estimate of drug-likeness (QED) is 0.561. The van der Waals surface area contributed by atoms with Crippen LogP contribution in [0, 0.1) is 0 Å². The van der Waals surface area contributed by atoms with Crippen molar-refractivity contribution in [1.29, 1.82) is 0 Å². The van der Waals surface area contributed by atoms with Gasteiger partial charge in [-0.3, -0.25) is 0 Å². The zero-order valence-corrected chi connectivity index (χ0v) is 11.7. The van der Waals surface area contributed by atoms with Crippen LogP contribution in [-0.4, -0.2) is 0 Å². The van der Waals surface area contributed by atoms with E-state index in [1.165, 1.54) is 0 Å². The maximum Gasteiger partial charge on any atom is 0.600 e. The first-order chi connectivity index (χ1) is 9.07. The van der Waals surface area contributed by atoms with Crippen LogP contribution in [0.15, 0.2) is 30.3 Å². The Bertz CT molecular complexity index is 579. The summed E-state index contributed by atoms with van der Waals surface area (Å²) in [4.78, 5) is 0.633. The summed E-state index contributed by atoms with van der Waals surface area (Å²) in [7, 11) is -1.69. The van der Waals surface area contributed by atoms with Gasteiger partial charge in [0.05, 0.1) is 10.5 Å². The predicted octanol–water partition coefficient (Wildman–Crippen LogP) is 3.12. The smallest absolute Gasteiger partial charge is 0.600 e. The lowest BCUT2D eigenvalue weighted by Gasteiger charge is -2.18. The summed E-state index contributed by atoms with van der Waals surface area (Å²) in [5.41, 5.74) is -4.14. The van der Waals surface area contributed by atoms with Gasteiger partial charge < -0.3 is 4.70 Å². The normalized spacial score (nSPS) is 18.1. The Hall–Kier alpha value is -1.10. The molecule has 1 aromatic carbocycles. The highest BCUT2D eigenvalue weighted by Gasteiger charge is 2.49. The van der Waals surface area contributed by atoms with Crippen molar-refractivity contribution in [2.24, 2.45) is 0 Å². The summed E-state index contributed by atoms with van der Waals surface area (Å²) in [6.45, 7) is 0. The molecule has 1 atom stereocenters. The molecule has 1 heterocycles. The van der Waals surface area contributed by atoms with Gasteiger partial charge in [-0.05, 0) is 25.0 Å². The maximum atomic E-state index is 13.4. The van der Waals surface area contributed by atoms with E-state index < -0.39 is 16.0 Å². The van der Waals surface area contributed by atoms with Crippen molar-refractivity contribution in [2.75, 3.05) is 0 Å². The van der Waals surface area contributed by atoms with Crippen molar-refractivity contribution in [3.05, 3.63) is 35.2 Å². The van der Waals surface area contributed by atoms with Crippen LogP contribution < -0.4 is 4.70 Å². The van der Waals surface area contributed by atoms with E-state index >= 15 is 0 Å². The molecule has 0 radical (unpaired) electrons. The van der Waals surface area contributed by atoms with Gasteiger partial charge in [0.15, 0.2) is 9.58 Å². The number of hydrogen-bond donors (Lipinski definition) is 0. The molecule has 0 N–H and O–H groups in total. The van der Waals surface area contributed by atoms with Gasteiger partial charge in [-0.15, -0.1) is 13.2 Å². The second kappa shape index (κ2) is 5.72. The van der Waals surface area contributed by atoms with E-state index in [-0.39, 0.29) is 10.6 Å². The van der Waals surface area contributed by atoms with Crippen LogP contribution in [0.4, 0.5) is 13.2 Å². The van der Waals surface area contributed by atoms with Crippen molar-refractivity contribution in [3.63, 3.8) is 0 Å². The average Bonchev–Trinajstić information content (AvgIpc) is 2.79. The summed E-state index contributed by atoms with van der Waals surface area (Å²) in [5.74, 6) is 0.131. The molecule has 1 aliphatic carbocycles. The first kappa shape index (κ1) is 15.3. The Morgan fingerprint density at radius 2 is 1.65 bits per heavy atom. The zero-order valence-electron chi connectivity index (χ0n) is 10.9. The van der Waals surface area contributed by atoms with Gasteiger partial charge >= 0.3 is 5.51 Å². The summed E-state index contributed by atoms with van der Waals surface area (Å²) in [6.07, 6.45) is 5.12. The SMILES string of the molecule is FC(F)(F)[s+]1c(C2CCCCC2)cc2ccccc21.[F-]. The third kappa shape index (κ3) is 2.68. The van der Waals surface area contributed by atoms with Gasteiger partial charge in [-0.1, -0.05) is 31.4 Å². The minimum Gasteiger partial charge on any atom is -1.00 e. The van der Waals surface area contributed by atoms with Gasteiger partial charge in [-0.25, -0.2) is 0 Å². The largest absolute Gasteiger partial charge is 1.00 e. The van der Waals surface area contributed by atoms with Crippen LogP contribution in [0.5, 0.6) is 0 Å². The number of benzene rings is 1. The minimum absolute atomic E-state index is 0. The fourth-order valence-electron chi connectivity index (χ4n) is 3.05. The first-order valence-electron chi connectivity index (χ1n) is 6.69. The number of alkyl halides is 3. The Balaban J connectivity index is 0.00000147. The van der Waals surface area contributed by atoms with E-state index in [0.29, 0.717) is 9.58 Å². The standard InChI is InChI=1S/C15H16F3S.FH/c16-15(17,18)19-13-9-5-4-8-12(13)10-14(19)11-6-2-1-3-7-11;/h4-5,8-11H,1-3,6-7H2;1H/q+1;/p-1. The molecule has 0 bridgehead atoms. The highest BCUT2D eigenvalue weighted by molar-refractivity contribution is 7.38. The van der Waals surface area contributed by atoms with Crippen LogP contribution >= 0.6 is 10.5 Å². The molecule has 2 aromatic rings. The molecule has 1 aliphatic rings. The van der Waals surface area contributed by atoms with Crippen LogP contribution in [0.2, 0.25) is 0 Å². The molecular weight excluding hydrogens is 288 g/mol. The Morgan fingerprint density at radius 1 is 1.00 bits per heavy atom. The molecule has 5 heteroatoms. The van der Waals surface area contributed by atoms with E-state index in [1.54, 1.807) is 18.2 Å². The van der Waals surface area contributed by atoms with Gasteiger partial charge in [-0.2, -0.15) is 0 Å². The maximum absolute atomic E-state index is 13.4. The van der Waals surface area contributed by atoms with Gasteiger partial charge in [0.2, 0.25) is 0 Å². The van der Waals surface area contributed by atoms with E-state index in [9.17, 15) is 13.2 Å². The van der Waals surface area contributed by atoms with Gasteiger partial charge in [0, 0.05) is 17.4 Å². The van der Waals surface area contributed by atoms with Crippen LogP contribution in [0.25, 0.3) is 10.1 Å². The summed E-state index contributed by atoms with van der Waals surface area (Å²) >= 11 is 0. The Morgan fingerprint density at radius 3 is 2.30 bits per heavy atom. The number of halogens is 4.